The maximum atomic E-state index is 12.9. The van der Waals surface area contributed by atoms with Crippen LogP contribution in [0.1, 0.15) is 40.2 Å². The SMILES string of the molecule is Cc1cc(C2CCN(C)CC2)ccc1C(=O)Nc1cccc2cccnc12.Cl. The van der Waals surface area contributed by atoms with Crippen molar-refractivity contribution >= 4 is 34.9 Å². The number of rotatable bonds is 3. The number of aryl methyl sites for hydroxylation is 1. The van der Waals surface area contributed by atoms with Crippen molar-refractivity contribution in [3.8, 4) is 0 Å². The van der Waals surface area contributed by atoms with E-state index in [0.29, 0.717) is 5.92 Å². The van der Waals surface area contributed by atoms with Crippen molar-refractivity contribution in [2.75, 3.05) is 25.5 Å². The lowest BCUT2D eigenvalue weighted by Gasteiger charge is -2.29. The number of fused-ring (bicyclic) bond motifs is 1. The minimum atomic E-state index is -0.0828. The highest BCUT2D eigenvalue weighted by molar-refractivity contribution is 6.09. The number of para-hydroxylation sites is 1. The molecule has 5 heteroatoms. The summed E-state index contributed by atoms with van der Waals surface area (Å²) in [6.07, 6.45) is 4.12. The van der Waals surface area contributed by atoms with Crippen LogP contribution in [0.3, 0.4) is 0 Å². The first kappa shape index (κ1) is 20.3. The molecular formula is C23H26ClN3O. The van der Waals surface area contributed by atoms with Crippen molar-refractivity contribution in [2.45, 2.75) is 25.7 Å². The molecule has 146 valence electrons. The number of likely N-dealkylation sites (tertiary alicyclic amines) is 1. The second-order valence-electron chi connectivity index (χ2n) is 7.49. The normalized spacial score (nSPS) is 15.2. The Morgan fingerprint density at radius 3 is 2.61 bits per heavy atom. The van der Waals surface area contributed by atoms with Crippen molar-refractivity contribution in [3.63, 3.8) is 0 Å². The van der Waals surface area contributed by atoms with Crippen LogP contribution in [0.2, 0.25) is 0 Å². The highest BCUT2D eigenvalue weighted by Gasteiger charge is 2.20. The lowest BCUT2D eigenvalue weighted by molar-refractivity contribution is 0.102. The molecule has 1 aliphatic rings. The van der Waals surface area contributed by atoms with Crippen molar-refractivity contribution in [2.24, 2.45) is 0 Å². The van der Waals surface area contributed by atoms with E-state index in [1.807, 2.05) is 43.3 Å². The van der Waals surface area contributed by atoms with Crippen LogP contribution < -0.4 is 5.32 Å². The molecule has 0 radical (unpaired) electrons. The number of nitrogens with zero attached hydrogens (tertiary/aromatic N) is 2. The molecule has 2 aromatic carbocycles. The average molecular weight is 396 g/mol. The fourth-order valence-corrected chi connectivity index (χ4v) is 3.93. The highest BCUT2D eigenvalue weighted by Crippen LogP contribution is 2.29. The van der Waals surface area contributed by atoms with Gasteiger partial charge in [-0.1, -0.05) is 30.3 Å². The number of pyridine rings is 1. The molecule has 0 unspecified atom stereocenters. The summed E-state index contributed by atoms with van der Waals surface area (Å²) in [4.78, 5) is 19.7. The first-order chi connectivity index (χ1) is 13.1. The van der Waals surface area contributed by atoms with Crippen LogP contribution in [-0.4, -0.2) is 35.9 Å². The van der Waals surface area contributed by atoms with E-state index in [4.69, 9.17) is 0 Å². The number of benzene rings is 2. The monoisotopic (exact) mass is 395 g/mol. The molecule has 0 aliphatic carbocycles. The number of hydrogen-bond acceptors (Lipinski definition) is 3. The third-order valence-electron chi connectivity index (χ3n) is 5.57. The maximum Gasteiger partial charge on any atom is 0.255 e. The van der Waals surface area contributed by atoms with E-state index in [1.54, 1.807) is 6.20 Å². The number of piperidine rings is 1. The molecule has 1 N–H and O–H groups in total. The highest BCUT2D eigenvalue weighted by atomic mass is 35.5. The van der Waals surface area contributed by atoms with Gasteiger partial charge < -0.3 is 10.2 Å². The average Bonchev–Trinajstić information content (AvgIpc) is 2.68. The number of carbonyl (C=O) groups is 1. The van der Waals surface area contributed by atoms with E-state index in [0.717, 1.165) is 40.8 Å². The summed E-state index contributed by atoms with van der Waals surface area (Å²) in [6, 6.07) is 16.0. The van der Waals surface area contributed by atoms with Crippen LogP contribution in [0.15, 0.2) is 54.7 Å². The number of halogens is 1. The van der Waals surface area contributed by atoms with Gasteiger partial charge in [0.25, 0.3) is 5.91 Å². The molecule has 4 rings (SSSR count). The maximum absolute atomic E-state index is 12.9. The summed E-state index contributed by atoms with van der Waals surface area (Å²) in [5.41, 5.74) is 4.66. The summed E-state index contributed by atoms with van der Waals surface area (Å²) < 4.78 is 0. The second-order valence-corrected chi connectivity index (χ2v) is 7.49. The van der Waals surface area contributed by atoms with E-state index in [1.165, 1.54) is 18.4 Å². The van der Waals surface area contributed by atoms with Gasteiger partial charge in [-0.05, 0) is 75.1 Å². The molecule has 3 aromatic rings. The molecular weight excluding hydrogens is 370 g/mol. The number of amides is 1. The standard InChI is InChI=1S/C23H25N3O.ClH/c1-16-15-19(17-10-13-26(2)14-11-17)8-9-20(16)23(27)25-21-7-3-5-18-6-4-12-24-22(18)21;/h3-9,12,15,17H,10-11,13-14H2,1-2H3,(H,25,27);1H. The van der Waals surface area contributed by atoms with Crippen LogP contribution in [0, 0.1) is 6.92 Å². The van der Waals surface area contributed by atoms with Gasteiger partial charge in [0.15, 0.2) is 0 Å². The number of aromatic nitrogens is 1. The lowest BCUT2D eigenvalue weighted by atomic mass is 9.88. The first-order valence-corrected chi connectivity index (χ1v) is 9.56. The molecule has 0 saturated carbocycles. The zero-order chi connectivity index (χ0) is 18.8. The summed E-state index contributed by atoms with van der Waals surface area (Å²) in [6.45, 7) is 4.30. The van der Waals surface area contributed by atoms with Gasteiger partial charge in [0.2, 0.25) is 0 Å². The molecule has 1 amide bonds. The predicted octanol–water partition coefficient (Wildman–Crippen LogP) is 5.03. The minimum Gasteiger partial charge on any atom is -0.320 e. The van der Waals surface area contributed by atoms with Crippen LogP contribution in [0.25, 0.3) is 10.9 Å². The van der Waals surface area contributed by atoms with E-state index in [-0.39, 0.29) is 18.3 Å². The molecule has 28 heavy (non-hydrogen) atoms. The Morgan fingerprint density at radius 1 is 1.11 bits per heavy atom. The predicted molar refractivity (Wildman–Crippen MR) is 118 cm³/mol. The van der Waals surface area contributed by atoms with Gasteiger partial charge in [0.05, 0.1) is 11.2 Å². The summed E-state index contributed by atoms with van der Waals surface area (Å²) in [5, 5.41) is 4.06. The topological polar surface area (TPSA) is 45.2 Å². The Kier molecular flexibility index (Phi) is 6.32. The smallest absolute Gasteiger partial charge is 0.255 e. The Hall–Kier alpha value is -2.43. The van der Waals surface area contributed by atoms with Crippen molar-refractivity contribution in [1.29, 1.82) is 0 Å². The van der Waals surface area contributed by atoms with Crippen molar-refractivity contribution in [3.05, 3.63) is 71.4 Å². The molecule has 0 bridgehead atoms. The summed E-state index contributed by atoms with van der Waals surface area (Å²) >= 11 is 0. The van der Waals surface area contributed by atoms with E-state index in [2.05, 4.69) is 34.4 Å². The molecule has 1 fully saturated rings. The van der Waals surface area contributed by atoms with Gasteiger partial charge in [-0.2, -0.15) is 0 Å². The van der Waals surface area contributed by atoms with Gasteiger partial charge in [-0.3, -0.25) is 9.78 Å². The van der Waals surface area contributed by atoms with E-state index < -0.39 is 0 Å². The number of hydrogen-bond donors (Lipinski definition) is 1. The Labute approximate surface area is 172 Å². The fraction of sp³-hybridized carbons (Fsp3) is 0.304. The third-order valence-corrected chi connectivity index (χ3v) is 5.57. The quantitative estimate of drug-likeness (QED) is 0.676. The zero-order valence-electron chi connectivity index (χ0n) is 16.3. The van der Waals surface area contributed by atoms with Crippen LogP contribution in [0.5, 0.6) is 0 Å². The zero-order valence-corrected chi connectivity index (χ0v) is 17.1. The van der Waals surface area contributed by atoms with Crippen LogP contribution in [0.4, 0.5) is 5.69 Å². The Morgan fingerprint density at radius 2 is 1.86 bits per heavy atom. The molecule has 0 atom stereocenters. The number of carbonyl (C=O) groups excluding carboxylic acids is 1. The fourth-order valence-electron chi connectivity index (χ4n) is 3.93. The van der Waals surface area contributed by atoms with Gasteiger partial charge in [0.1, 0.15) is 0 Å². The van der Waals surface area contributed by atoms with Crippen molar-refractivity contribution in [1.82, 2.24) is 9.88 Å². The molecule has 1 saturated heterocycles. The number of anilines is 1. The van der Waals surface area contributed by atoms with Crippen LogP contribution in [-0.2, 0) is 0 Å². The minimum absolute atomic E-state index is 0. The Bertz CT molecular complexity index is 975. The molecule has 1 aliphatic heterocycles. The summed E-state index contributed by atoms with van der Waals surface area (Å²) in [5.74, 6) is 0.514. The molecule has 0 spiro atoms. The Balaban J connectivity index is 0.00000225. The van der Waals surface area contributed by atoms with E-state index in [9.17, 15) is 4.79 Å². The van der Waals surface area contributed by atoms with Crippen LogP contribution >= 0.6 is 12.4 Å². The lowest BCUT2D eigenvalue weighted by Crippen LogP contribution is -2.29. The summed E-state index contributed by atoms with van der Waals surface area (Å²) in [7, 11) is 2.18. The first-order valence-electron chi connectivity index (χ1n) is 9.56. The van der Waals surface area contributed by atoms with Gasteiger partial charge in [0, 0.05) is 17.1 Å². The number of nitrogens with one attached hydrogen (secondary N) is 1. The molecule has 2 heterocycles. The largest absolute Gasteiger partial charge is 0.320 e. The second kappa shape index (κ2) is 8.72. The third kappa shape index (κ3) is 4.18. The van der Waals surface area contributed by atoms with E-state index >= 15 is 0 Å². The van der Waals surface area contributed by atoms with Gasteiger partial charge >= 0.3 is 0 Å². The molecule has 1 aromatic heterocycles. The van der Waals surface area contributed by atoms with Gasteiger partial charge in [-0.15, -0.1) is 12.4 Å². The van der Waals surface area contributed by atoms with Crippen molar-refractivity contribution < 1.29 is 4.79 Å². The van der Waals surface area contributed by atoms with Gasteiger partial charge in [-0.25, -0.2) is 0 Å². The molecule has 4 nitrogen and oxygen atoms in total.